The fourth-order valence-corrected chi connectivity index (χ4v) is 3.49. The van der Waals surface area contributed by atoms with Gasteiger partial charge in [0.2, 0.25) is 10.0 Å². The Morgan fingerprint density at radius 3 is 2.65 bits per heavy atom. The number of hydrogen-bond donors (Lipinski definition) is 2. The third-order valence-corrected chi connectivity index (χ3v) is 5.58. The van der Waals surface area contributed by atoms with Crippen LogP contribution in [0.3, 0.4) is 0 Å². The molecule has 3 atom stereocenters. The molecule has 1 saturated heterocycles. The first-order chi connectivity index (χ1) is 7.80. The van der Waals surface area contributed by atoms with Crippen LogP contribution in [-0.2, 0) is 14.8 Å². The van der Waals surface area contributed by atoms with Gasteiger partial charge in [0.1, 0.15) is 0 Å². The molecule has 0 aliphatic carbocycles. The molecule has 3 N–H and O–H groups in total. The fraction of sp³-hybridized carbons (Fsp3) is 0.900. The van der Waals surface area contributed by atoms with Crippen molar-refractivity contribution in [2.24, 2.45) is 11.7 Å². The van der Waals surface area contributed by atoms with Gasteiger partial charge >= 0.3 is 5.97 Å². The van der Waals surface area contributed by atoms with Crippen LogP contribution in [0.1, 0.15) is 26.7 Å². The van der Waals surface area contributed by atoms with E-state index in [9.17, 15) is 13.2 Å². The minimum absolute atomic E-state index is 0.00610. The normalized spacial score (nSPS) is 28.9. The van der Waals surface area contributed by atoms with E-state index in [4.69, 9.17) is 10.8 Å². The minimum atomic E-state index is -3.75. The van der Waals surface area contributed by atoms with Gasteiger partial charge < -0.3 is 10.8 Å². The van der Waals surface area contributed by atoms with Crippen LogP contribution in [0.4, 0.5) is 0 Å². The predicted molar refractivity (Wildman–Crippen MR) is 64.0 cm³/mol. The van der Waals surface area contributed by atoms with Crippen molar-refractivity contribution in [2.45, 2.75) is 38.0 Å². The Morgan fingerprint density at radius 2 is 2.18 bits per heavy atom. The van der Waals surface area contributed by atoms with Crippen LogP contribution in [-0.4, -0.2) is 48.2 Å². The smallest absolute Gasteiger partial charge is 0.323 e. The molecular formula is C10H20N2O4S. The van der Waals surface area contributed by atoms with E-state index in [1.807, 2.05) is 6.92 Å². The first-order valence-electron chi connectivity index (χ1n) is 5.78. The molecule has 1 rings (SSSR count). The Labute approximate surface area is 102 Å². The summed E-state index contributed by atoms with van der Waals surface area (Å²) in [5.74, 6) is -1.20. The summed E-state index contributed by atoms with van der Waals surface area (Å²) in [5.41, 5.74) is 5.89. The number of carboxylic acids is 1. The van der Waals surface area contributed by atoms with E-state index >= 15 is 0 Å². The highest BCUT2D eigenvalue weighted by Gasteiger charge is 2.38. The maximum absolute atomic E-state index is 12.0. The average molecular weight is 264 g/mol. The number of hydrogen-bond acceptors (Lipinski definition) is 4. The molecular weight excluding hydrogens is 244 g/mol. The van der Waals surface area contributed by atoms with E-state index in [-0.39, 0.29) is 12.0 Å². The molecule has 0 radical (unpaired) electrons. The summed E-state index contributed by atoms with van der Waals surface area (Å²) in [4.78, 5) is 10.8. The molecule has 0 amide bonds. The molecule has 1 aliphatic heterocycles. The summed E-state index contributed by atoms with van der Waals surface area (Å²) in [6.45, 7) is 3.81. The molecule has 6 nitrogen and oxygen atoms in total. The van der Waals surface area contributed by atoms with Crippen molar-refractivity contribution >= 4 is 16.0 Å². The van der Waals surface area contributed by atoms with Crippen molar-refractivity contribution < 1.29 is 18.3 Å². The quantitative estimate of drug-likeness (QED) is 0.735. The lowest BCUT2D eigenvalue weighted by Crippen LogP contribution is -2.51. The maximum Gasteiger partial charge on any atom is 0.323 e. The Kier molecular flexibility index (Phi) is 4.51. The summed E-state index contributed by atoms with van der Waals surface area (Å²) in [6, 6.07) is 0.00610. The van der Waals surface area contributed by atoms with Gasteiger partial charge in [0, 0.05) is 19.1 Å². The summed E-state index contributed by atoms with van der Waals surface area (Å²) < 4.78 is 25.3. The number of aliphatic carboxylic acids is 1. The van der Waals surface area contributed by atoms with Gasteiger partial charge in [-0.15, -0.1) is 0 Å². The van der Waals surface area contributed by atoms with E-state index in [2.05, 4.69) is 0 Å². The zero-order chi connectivity index (χ0) is 13.2. The lowest BCUT2D eigenvalue weighted by Gasteiger charge is -2.36. The standard InChI is InChI=1S/C10H20N2O4S/c1-3-8-6-12(5-4-9(8)11)17(15,16)7(2)10(13)14/h7-9H,3-6,11H2,1-2H3,(H,13,14). The van der Waals surface area contributed by atoms with E-state index < -0.39 is 21.2 Å². The first-order valence-corrected chi connectivity index (χ1v) is 7.28. The van der Waals surface area contributed by atoms with Crippen LogP contribution < -0.4 is 5.73 Å². The number of rotatable bonds is 4. The molecule has 1 fully saturated rings. The van der Waals surface area contributed by atoms with Crippen molar-refractivity contribution in [3.05, 3.63) is 0 Å². The molecule has 3 unspecified atom stereocenters. The summed E-state index contributed by atoms with van der Waals surface area (Å²) in [5, 5.41) is 7.40. The highest BCUT2D eigenvalue weighted by molar-refractivity contribution is 7.90. The lowest BCUT2D eigenvalue weighted by atomic mass is 9.92. The second-order valence-corrected chi connectivity index (χ2v) is 6.76. The SMILES string of the molecule is CCC1CN(S(=O)(=O)C(C)C(=O)O)CCC1N. The zero-order valence-corrected chi connectivity index (χ0v) is 11.0. The number of carbonyl (C=O) groups is 1. The molecule has 7 heteroatoms. The lowest BCUT2D eigenvalue weighted by molar-refractivity contribution is -0.136. The Hall–Kier alpha value is -0.660. The Bertz CT molecular complexity index is 382. The van der Waals surface area contributed by atoms with E-state index in [0.29, 0.717) is 19.5 Å². The van der Waals surface area contributed by atoms with Gasteiger partial charge in [0.25, 0.3) is 0 Å². The molecule has 0 bridgehead atoms. The molecule has 100 valence electrons. The van der Waals surface area contributed by atoms with Crippen LogP contribution in [0.2, 0.25) is 0 Å². The topological polar surface area (TPSA) is 101 Å². The van der Waals surface area contributed by atoms with Gasteiger partial charge in [-0.1, -0.05) is 13.3 Å². The van der Waals surface area contributed by atoms with Crippen molar-refractivity contribution in [3.8, 4) is 0 Å². The second kappa shape index (κ2) is 5.32. The second-order valence-electron chi connectivity index (χ2n) is 4.50. The van der Waals surface area contributed by atoms with E-state index in [1.54, 1.807) is 0 Å². The molecule has 0 spiro atoms. The van der Waals surface area contributed by atoms with Crippen LogP contribution in [0.5, 0.6) is 0 Å². The average Bonchev–Trinajstić information content (AvgIpc) is 2.28. The maximum atomic E-state index is 12.0. The van der Waals surface area contributed by atoms with Gasteiger partial charge in [-0.3, -0.25) is 4.79 Å². The van der Waals surface area contributed by atoms with Gasteiger partial charge in [0.05, 0.1) is 0 Å². The highest BCUT2D eigenvalue weighted by atomic mass is 32.2. The monoisotopic (exact) mass is 264 g/mol. The number of nitrogens with zero attached hydrogens (tertiary/aromatic N) is 1. The Balaban J connectivity index is 2.83. The molecule has 0 aromatic heterocycles. The minimum Gasteiger partial charge on any atom is -0.480 e. The summed E-state index contributed by atoms with van der Waals surface area (Å²) >= 11 is 0. The predicted octanol–water partition coefficient (Wildman–Crippen LogP) is -0.151. The van der Waals surface area contributed by atoms with E-state index in [1.165, 1.54) is 11.2 Å². The van der Waals surface area contributed by atoms with Crippen LogP contribution in [0.25, 0.3) is 0 Å². The van der Waals surface area contributed by atoms with Crippen molar-refractivity contribution in [3.63, 3.8) is 0 Å². The number of sulfonamides is 1. The summed E-state index contributed by atoms with van der Waals surface area (Å²) in [7, 11) is -3.75. The largest absolute Gasteiger partial charge is 0.480 e. The van der Waals surface area contributed by atoms with Gasteiger partial charge in [-0.25, -0.2) is 12.7 Å². The third kappa shape index (κ3) is 2.97. The zero-order valence-electron chi connectivity index (χ0n) is 10.2. The molecule has 1 heterocycles. The van der Waals surface area contributed by atoms with Crippen LogP contribution in [0.15, 0.2) is 0 Å². The van der Waals surface area contributed by atoms with Gasteiger partial charge in [0.15, 0.2) is 5.25 Å². The highest BCUT2D eigenvalue weighted by Crippen LogP contribution is 2.22. The number of carboxylic acid groups (broad SMARTS) is 1. The number of piperidine rings is 1. The van der Waals surface area contributed by atoms with E-state index in [0.717, 1.165) is 6.42 Å². The Morgan fingerprint density at radius 1 is 1.59 bits per heavy atom. The van der Waals surface area contributed by atoms with Crippen LogP contribution >= 0.6 is 0 Å². The molecule has 0 saturated carbocycles. The van der Waals surface area contributed by atoms with Crippen LogP contribution in [0, 0.1) is 5.92 Å². The van der Waals surface area contributed by atoms with Gasteiger partial charge in [-0.05, 0) is 19.3 Å². The molecule has 0 aromatic rings. The summed E-state index contributed by atoms with van der Waals surface area (Å²) in [6.07, 6.45) is 1.39. The molecule has 0 aromatic carbocycles. The first kappa shape index (κ1) is 14.4. The fourth-order valence-electron chi connectivity index (χ4n) is 2.03. The molecule has 17 heavy (non-hydrogen) atoms. The molecule has 1 aliphatic rings. The van der Waals surface area contributed by atoms with Crippen molar-refractivity contribution in [2.75, 3.05) is 13.1 Å². The van der Waals surface area contributed by atoms with Crippen molar-refractivity contribution in [1.82, 2.24) is 4.31 Å². The van der Waals surface area contributed by atoms with Gasteiger partial charge in [-0.2, -0.15) is 0 Å². The van der Waals surface area contributed by atoms with Crippen molar-refractivity contribution in [1.29, 1.82) is 0 Å². The number of nitrogens with two attached hydrogens (primary N) is 1. The third-order valence-electron chi connectivity index (χ3n) is 3.43.